The predicted octanol–water partition coefficient (Wildman–Crippen LogP) is 0.427. The molecule has 0 radical (unpaired) electrons. The van der Waals surface area contributed by atoms with Crippen LogP contribution in [-0.2, 0) is 24.8 Å². The number of nitro groups is 1. The average Bonchev–Trinajstić information content (AvgIpc) is 3.28. The van der Waals surface area contributed by atoms with E-state index in [1.54, 1.807) is 15.8 Å². The Bertz CT molecular complexity index is 832. The van der Waals surface area contributed by atoms with E-state index < -0.39 is 12.0 Å². The van der Waals surface area contributed by atoms with Crippen molar-refractivity contribution in [3.63, 3.8) is 0 Å². The molecule has 24 heavy (non-hydrogen) atoms. The Morgan fingerprint density at radius 1 is 1.42 bits per heavy atom. The van der Waals surface area contributed by atoms with Crippen LogP contribution in [0.1, 0.15) is 17.7 Å². The number of rotatable bonds is 3. The third kappa shape index (κ3) is 2.51. The highest BCUT2D eigenvalue weighted by molar-refractivity contribution is 5.82. The second-order valence-electron chi connectivity index (χ2n) is 6.31. The average molecular weight is 328 g/mol. The third-order valence-electron chi connectivity index (χ3n) is 4.60. The fourth-order valence-corrected chi connectivity index (χ4v) is 3.13. The molecule has 1 aliphatic carbocycles. The number of nitrogens with zero attached hydrogens (tertiary/aromatic N) is 6. The van der Waals surface area contributed by atoms with E-state index in [2.05, 4.69) is 15.3 Å². The molecule has 0 aromatic carbocycles. The maximum atomic E-state index is 12.4. The van der Waals surface area contributed by atoms with Gasteiger partial charge in [-0.05, 0) is 11.6 Å². The molecule has 0 unspecified atom stereocenters. The lowest BCUT2D eigenvalue weighted by molar-refractivity contribution is -0.497. The van der Waals surface area contributed by atoms with Crippen LogP contribution in [0.3, 0.4) is 0 Å². The third-order valence-corrected chi connectivity index (χ3v) is 4.60. The number of carbonyl (C=O) groups excluding carboxylic acids is 1. The Labute approximate surface area is 137 Å². The normalized spacial score (nSPS) is 22.1. The molecule has 2 aromatic heterocycles. The molecule has 124 valence electrons. The zero-order valence-corrected chi connectivity index (χ0v) is 13.1. The zero-order valence-electron chi connectivity index (χ0n) is 13.1. The first-order valence-corrected chi connectivity index (χ1v) is 7.79. The molecular formula is C15H16N6O3. The van der Waals surface area contributed by atoms with Crippen molar-refractivity contribution in [3.05, 3.63) is 39.8 Å². The van der Waals surface area contributed by atoms with Crippen molar-refractivity contribution in [1.29, 1.82) is 0 Å². The highest BCUT2D eigenvalue weighted by Gasteiger charge is 2.54. The van der Waals surface area contributed by atoms with Crippen molar-refractivity contribution in [2.24, 2.45) is 13.0 Å². The largest absolute Gasteiger partial charge is 0.337 e. The number of fused-ring (bicyclic) bond motifs is 1. The Kier molecular flexibility index (Phi) is 3.29. The van der Waals surface area contributed by atoms with Crippen LogP contribution >= 0.6 is 0 Å². The number of aryl methyl sites for hydroxylation is 1. The molecule has 9 nitrogen and oxygen atoms in total. The molecule has 2 aliphatic rings. The fourth-order valence-electron chi connectivity index (χ4n) is 3.13. The van der Waals surface area contributed by atoms with Crippen molar-refractivity contribution >= 4 is 5.91 Å². The quantitative estimate of drug-likeness (QED) is 0.597. The molecule has 0 saturated heterocycles. The summed E-state index contributed by atoms with van der Waals surface area (Å²) < 4.78 is 1.69. The van der Waals surface area contributed by atoms with Gasteiger partial charge in [-0.3, -0.25) is 19.6 Å². The first-order valence-electron chi connectivity index (χ1n) is 7.79. The van der Waals surface area contributed by atoms with Gasteiger partial charge in [-0.15, -0.1) is 0 Å². The lowest BCUT2D eigenvalue weighted by Gasteiger charge is -2.28. The van der Waals surface area contributed by atoms with Gasteiger partial charge in [0.2, 0.25) is 11.9 Å². The van der Waals surface area contributed by atoms with E-state index in [-0.39, 0.29) is 10.8 Å². The lowest BCUT2D eigenvalue weighted by Crippen LogP contribution is -2.38. The summed E-state index contributed by atoms with van der Waals surface area (Å²) in [5, 5.41) is 23.4. The van der Waals surface area contributed by atoms with Crippen LogP contribution in [0.4, 0.5) is 0 Å². The molecule has 0 N–H and O–H groups in total. The molecule has 1 aliphatic heterocycles. The van der Waals surface area contributed by atoms with E-state index in [9.17, 15) is 14.9 Å². The smallest absolute Gasteiger partial charge is 0.233 e. The van der Waals surface area contributed by atoms with Crippen molar-refractivity contribution in [1.82, 2.24) is 24.9 Å². The summed E-state index contributed by atoms with van der Waals surface area (Å²) in [7, 11) is 1.83. The minimum atomic E-state index is -0.708. The highest BCUT2D eigenvalue weighted by atomic mass is 16.6. The maximum absolute atomic E-state index is 12.4. The van der Waals surface area contributed by atoms with E-state index in [1.165, 1.54) is 0 Å². The zero-order chi connectivity index (χ0) is 16.8. The summed E-state index contributed by atoms with van der Waals surface area (Å²) in [4.78, 5) is 24.5. The topological polar surface area (TPSA) is 107 Å². The van der Waals surface area contributed by atoms with E-state index in [0.717, 1.165) is 16.8 Å². The predicted molar refractivity (Wildman–Crippen MR) is 82.2 cm³/mol. The minimum Gasteiger partial charge on any atom is -0.337 e. The first-order chi connectivity index (χ1) is 11.5. The van der Waals surface area contributed by atoms with Gasteiger partial charge in [0.25, 0.3) is 0 Å². The lowest BCUT2D eigenvalue weighted by atomic mass is 10.0. The van der Waals surface area contributed by atoms with Gasteiger partial charge in [0.05, 0.1) is 17.6 Å². The van der Waals surface area contributed by atoms with Gasteiger partial charge in [0.1, 0.15) is 5.92 Å². The molecule has 4 rings (SSSR count). The summed E-state index contributed by atoms with van der Waals surface area (Å²) in [6.07, 6.45) is 4.55. The fraction of sp³-hybridized carbons (Fsp3) is 0.467. The van der Waals surface area contributed by atoms with E-state index in [0.29, 0.717) is 31.6 Å². The monoisotopic (exact) mass is 328 g/mol. The summed E-state index contributed by atoms with van der Waals surface area (Å²) in [6, 6.07) is 1.22. The van der Waals surface area contributed by atoms with Gasteiger partial charge in [-0.25, -0.2) is 0 Å². The summed E-state index contributed by atoms with van der Waals surface area (Å²) >= 11 is 0. The molecule has 2 aromatic rings. The second kappa shape index (κ2) is 5.36. The molecule has 1 saturated carbocycles. The molecule has 0 spiro atoms. The van der Waals surface area contributed by atoms with E-state index in [1.807, 2.05) is 19.3 Å². The van der Waals surface area contributed by atoms with E-state index in [4.69, 9.17) is 0 Å². The van der Waals surface area contributed by atoms with Crippen LogP contribution in [-0.4, -0.2) is 48.3 Å². The van der Waals surface area contributed by atoms with Crippen molar-refractivity contribution in [3.8, 4) is 11.3 Å². The van der Waals surface area contributed by atoms with Gasteiger partial charge in [0.15, 0.2) is 0 Å². The SMILES string of the molecule is Cn1cc(-c2cc3c(nn2)CCN(C(=O)[C@@H]2C[C@H]2[N+](=O)[O-])C3)cn1. The summed E-state index contributed by atoms with van der Waals surface area (Å²) in [5.74, 6) is -0.587. The molecule has 1 fully saturated rings. The highest BCUT2D eigenvalue weighted by Crippen LogP contribution is 2.36. The number of aromatic nitrogens is 4. The van der Waals surface area contributed by atoms with Crippen molar-refractivity contribution in [2.75, 3.05) is 6.54 Å². The number of hydrogen-bond donors (Lipinski definition) is 0. The van der Waals surface area contributed by atoms with Crippen LogP contribution in [0.5, 0.6) is 0 Å². The summed E-state index contributed by atoms with van der Waals surface area (Å²) in [5.41, 5.74) is 3.41. The van der Waals surface area contributed by atoms with Gasteiger partial charge in [0, 0.05) is 49.7 Å². The maximum Gasteiger partial charge on any atom is 0.233 e. The van der Waals surface area contributed by atoms with Crippen LogP contribution in [0.2, 0.25) is 0 Å². The second-order valence-corrected chi connectivity index (χ2v) is 6.31. The Balaban J connectivity index is 1.54. The molecule has 1 amide bonds. The van der Waals surface area contributed by atoms with Crippen LogP contribution in [0, 0.1) is 16.0 Å². The Morgan fingerprint density at radius 3 is 2.92 bits per heavy atom. The standard InChI is InChI=1S/C15H16N6O3/c1-19-7-10(6-16-19)13-4-9-8-20(3-2-12(9)17-18-13)15(22)11-5-14(11)21(23)24/h4,6-7,11,14H,2-3,5,8H2,1H3/t11-,14-/m1/s1. The molecule has 9 heteroatoms. The van der Waals surface area contributed by atoms with Crippen molar-refractivity contribution in [2.45, 2.75) is 25.4 Å². The molecule has 0 bridgehead atoms. The van der Waals surface area contributed by atoms with Gasteiger partial charge >= 0.3 is 0 Å². The van der Waals surface area contributed by atoms with Crippen molar-refractivity contribution < 1.29 is 9.72 Å². The van der Waals surface area contributed by atoms with Crippen LogP contribution in [0.25, 0.3) is 11.3 Å². The number of hydrogen-bond acceptors (Lipinski definition) is 6. The van der Waals surface area contributed by atoms with Crippen LogP contribution < -0.4 is 0 Å². The van der Waals surface area contributed by atoms with E-state index >= 15 is 0 Å². The minimum absolute atomic E-state index is 0.123. The Morgan fingerprint density at radius 2 is 2.25 bits per heavy atom. The number of carbonyl (C=O) groups is 1. The van der Waals surface area contributed by atoms with Gasteiger partial charge in [-0.2, -0.15) is 15.3 Å². The van der Waals surface area contributed by atoms with Gasteiger partial charge in [-0.1, -0.05) is 0 Å². The number of amides is 1. The molecule has 2 atom stereocenters. The van der Waals surface area contributed by atoms with Gasteiger partial charge < -0.3 is 4.90 Å². The van der Waals surface area contributed by atoms with Crippen LogP contribution in [0.15, 0.2) is 18.5 Å². The first kappa shape index (κ1) is 14.7. The Hall–Kier alpha value is -2.84. The molecule has 3 heterocycles. The molecular weight excluding hydrogens is 312 g/mol. The summed E-state index contributed by atoms with van der Waals surface area (Å²) in [6.45, 7) is 0.964.